The SMILES string of the molecule is CCOc1ccc(C(=O)CCCCl)cc1C(C)C. The molecule has 0 aliphatic rings. The minimum absolute atomic E-state index is 0.153. The Labute approximate surface area is 114 Å². The van der Waals surface area contributed by atoms with E-state index in [1.807, 2.05) is 25.1 Å². The van der Waals surface area contributed by atoms with Crippen molar-refractivity contribution >= 4 is 17.4 Å². The normalized spacial score (nSPS) is 10.7. The van der Waals surface area contributed by atoms with E-state index in [1.165, 1.54) is 0 Å². The molecule has 18 heavy (non-hydrogen) atoms. The van der Waals surface area contributed by atoms with Crippen LogP contribution >= 0.6 is 11.6 Å². The lowest BCUT2D eigenvalue weighted by molar-refractivity contribution is 0.0982. The first-order valence-corrected chi connectivity index (χ1v) is 6.99. The molecule has 0 aliphatic carbocycles. The maximum atomic E-state index is 11.9. The number of alkyl halides is 1. The van der Waals surface area contributed by atoms with E-state index < -0.39 is 0 Å². The van der Waals surface area contributed by atoms with Gasteiger partial charge in [0, 0.05) is 17.9 Å². The van der Waals surface area contributed by atoms with Gasteiger partial charge in [-0.2, -0.15) is 0 Å². The molecule has 1 rings (SSSR count). The van der Waals surface area contributed by atoms with Gasteiger partial charge in [-0.3, -0.25) is 4.79 Å². The van der Waals surface area contributed by atoms with Crippen LogP contribution in [0.3, 0.4) is 0 Å². The summed E-state index contributed by atoms with van der Waals surface area (Å²) >= 11 is 5.61. The molecule has 0 N–H and O–H groups in total. The van der Waals surface area contributed by atoms with Gasteiger partial charge in [-0.15, -0.1) is 11.6 Å². The fourth-order valence-electron chi connectivity index (χ4n) is 1.83. The van der Waals surface area contributed by atoms with Gasteiger partial charge in [0.25, 0.3) is 0 Å². The van der Waals surface area contributed by atoms with Gasteiger partial charge in [-0.1, -0.05) is 13.8 Å². The fourth-order valence-corrected chi connectivity index (χ4v) is 1.97. The highest BCUT2D eigenvalue weighted by Gasteiger charge is 2.12. The summed E-state index contributed by atoms with van der Waals surface area (Å²) in [6, 6.07) is 5.69. The predicted molar refractivity (Wildman–Crippen MR) is 76.0 cm³/mol. The Kier molecular flexibility index (Phi) is 6.20. The molecule has 0 fully saturated rings. The third kappa shape index (κ3) is 4.02. The van der Waals surface area contributed by atoms with Crippen molar-refractivity contribution in [1.29, 1.82) is 0 Å². The smallest absolute Gasteiger partial charge is 0.162 e. The maximum Gasteiger partial charge on any atom is 0.162 e. The van der Waals surface area contributed by atoms with Crippen molar-refractivity contribution in [3.63, 3.8) is 0 Å². The van der Waals surface area contributed by atoms with Crippen LogP contribution in [0, 0.1) is 0 Å². The lowest BCUT2D eigenvalue weighted by Gasteiger charge is -2.14. The van der Waals surface area contributed by atoms with Crippen LogP contribution in [-0.2, 0) is 0 Å². The Balaban J connectivity index is 2.95. The summed E-state index contributed by atoms with van der Waals surface area (Å²) in [4.78, 5) is 11.9. The van der Waals surface area contributed by atoms with Crippen molar-refractivity contribution in [2.75, 3.05) is 12.5 Å². The molecule has 3 heteroatoms. The first-order valence-electron chi connectivity index (χ1n) is 6.46. The second-order valence-corrected chi connectivity index (χ2v) is 4.93. The second kappa shape index (κ2) is 7.42. The highest BCUT2D eigenvalue weighted by molar-refractivity contribution is 6.18. The molecule has 0 saturated heterocycles. The molecule has 0 heterocycles. The van der Waals surface area contributed by atoms with Crippen molar-refractivity contribution in [2.24, 2.45) is 0 Å². The molecule has 0 saturated carbocycles. The van der Waals surface area contributed by atoms with E-state index in [0.29, 0.717) is 24.8 Å². The number of carbonyl (C=O) groups excluding carboxylic acids is 1. The summed E-state index contributed by atoms with van der Waals surface area (Å²) in [6.45, 7) is 6.80. The predicted octanol–water partition coefficient (Wildman–Crippen LogP) is 4.41. The molecule has 0 spiro atoms. The number of hydrogen-bond donors (Lipinski definition) is 0. The van der Waals surface area contributed by atoms with Crippen LogP contribution in [0.1, 0.15) is 55.5 Å². The molecular weight excluding hydrogens is 248 g/mol. The zero-order chi connectivity index (χ0) is 13.5. The highest BCUT2D eigenvalue weighted by atomic mass is 35.5. The van der Waals surface area contributed by atoms with Crippen molar-refractivity contribution in [2.45, 2.75) is 39.5 Å². The van der Waals surface area contributed by atoms with Crippen LogP contribution in [0.4, 0.5) is 0 Å². The summed E-state index contributed by atoms with van der Waals surface area (Å²) in [5.41, 5.74) is 1.85. The highest BCUT2D eigenvalue weighted by Crippen LogP contribution is 2.28. The standard InChI is InChI=1S/C15H21ClO2/c1-4-18-15-8-7-12(10-13(15)11(2)3)14(17)6-5-9-16/h7-8,10-11H,4-6,9H2,1-3H3. The quantitative estimate of drug-likeness (QED) is 0.541. The molecule has 0 amide bonds. The van der Waals surface area contributed by atoms with E-state index in [1.54, 1.807) is 0 Å². The summed E-state index contributed by atoms with van der Waals surface area (Å²) in [5.74, 6) is 1.90. The number of ether oxygens (including phenoxy) is 1. The molecule has 0 aliphatic heterocycles. The number of benzene rings is 1. The minimum Gasteiger partial charge on any atom is -0.494 e. The second-order valence-electron chi connectivity index (χ2n) is 4.56. The van der Waals surface area contributed by atoms with E-state index in [0.717, 1.165) is 23.3 Å². The van der Waals surface area contributed by atoms with Crippen molar-refractivity contribution in [3.05, 3.63) is 29.3 Å². The van der Waals surface area contributed by atoms with Crippen LogP contribution < -0.4 is 4.74 Å². The lowest BCUT2D eigenvalue weighted by atomic mass is 9.97. The molecule has 1 aromatic carbocycles. The molecule has 0 radical (unpaired) electrons. The molecule has 0 unspecified atom stereocenters. The van der Waals surface area contributed by atoms with Gasteiger partial charge in [0.2, 0.25) is 0 Å². The molecule has 2 nitrogen and oxygen atoms in total. The van der Waals surface area contributed by atoms with Crippen molar-refractivity contribution < 1.29 is 9.53 Å². The Bertz CT molecular complexity index is 399. The van der Waals surface area contributed by atoms with Gasteiger partial charge in [0.05, 0.1) is 6.61 Å². The zero-order valence-corrected chi connectivity index (χ0v) is 12.1. The molecule has 100 valence electrons. The first kappa shape index (κ1) is 15.0. The topological polar surface area (TPSA) is 26.3 Å². The Morgan fingerprint density at radius 3 is 2.67 bits per heavy atom. The van der Waals surface area contributed by atoms with Crippen molar-refractivity contribution in [1.82, 2.24) is 0 Å². The number of carbonyl (C=O) groups is 1. The molecule has 0 bridgehead atoms. The van der Waals surface area contributed by atoms with Crippen LogP contribution in [0.5, 0.6) is 5.75 Å². The van der Waals surface area contributed by atoms with E-state index in [2.05, 4.69) is 13.8 Å². The van der Waals surface area contributed by atoms with E-state index in [-0.39, 0.29) is 5.78 Å². The van der Waals surface area contributed by atoms with Gasteiger partial charge < -0.3 is 4.74 Å². The Hall–Kier alpha value is -1.02. The molecule has 1 aromatic rings. The molecule has 0 aromatic heterocycles. The average Bonchev–Trinajstić information content (AvgIpc) is 2.36. The monoisotopic (exact) mass is 268 g/mol. The largest absolute Gasteiger partial charge is 0.494 e. The van der Waals surface area contributed by atoms with Crippen LogP contribution in [0.2, 0.25) is 0 Å². The Morgan fingerprint density at radius 1 is 1.39 bits per heavy atom. The van der Waals surface area contributed by atoms with Crippen molar-refractivity contribution in [3.8, 4) is 5.75 Å². The molecule has 0 atom stereocenters. The van der Waals surface area contributed by atoms with Gasteiger partial charge in [0.1, 0.15) is 5.75 Å². The zero-order valence-electron chi connectivity index (χ0n) is 11.3. The van der Waals surface area contributed by atoms with Crippen LogP contribution in [0.25, 0.3) is 0 Å². The third-order valence-electron chi connectivity index (χ3n) is 2.79. The van der Waals surface area contributed by atoms with Crippen LogP contribution in [0.15, 0.2) is 18.2 Å². The van der Waals surface area contributed by atoms with Gasteiger partial charge in [-0.05, 0) is 43.0 Å². The maximum absolute atomic E-state index is 11.9. The van der Waals surface area contributed by atoms with Gasteiger partial charge in [0.15, 0.2) is 5.78 Å². The summed E-state index contributed by atoms with van der Waals surface area (Å²) in [5, 5.41) is 0. The summed E-state index contributed by atoms with van der Waals surface area (Å²) < 4.78 is 5.58. The van der Waals surface area contributed by atoms with Crippen LogP contribution in [-0.4, -0.2) is 18.3 Å². The van der Waals surface area contributed by atoms with Gasteiger partial charge >= 0.3 is 0 Å². The van der Waals surface area contributed by atoms with E-state index in [4.69, 9.17) is 16.3 Å². The summed E-state index contributed by atoms with van der Waals surface area (Å²) in [7, 11) is 0. The minimum atomic E-state index is 0.153. The lowest BCUT2D eigenvalue weighted by Crippen LogP contribution is -2.04. The number of hydrogen-bond acceptors (Lipinski definition) is 2. The molecular formula is C15H21ClO2. The number of rotatable bonds is 7. The third-order valence-corrected chi connectivity index (χ3v) is 3.06. The van der Waals surface area contributed by atoms with E-state index in [9.17, 15) is 4.79 Å². The van der Waals surface area contributed by atoms with Gasteiger partial charge in [-0.25, -0.2) is 0 Å². The van der Waals surface area contributed by atoms with E-state index >= 15 is 0 Å². The summed E-state index contributed by atoms with van der Waals surface area (Å²) in [6.07, 6.45) is 1.24. The number of halogens is 1. The average molecular weight is 269 g/mol. The first-order chi connectivity index (χ1) is 8.60. The Morgan fingerprint density at radius 2 is 2.11 bits per heavy atom. The fraction of sp³-hybridized carbons (Fsp3) is 0.533. The number of Topliss-reactive ketones (excluding diaryl/α,β-unsaturated/α-hetero) is 1. The number of ketones is 1.